The molecule has 0 spiro atoms. The number of amides is 1. The van der Waals surface area contributed by atoms with Gasteiger partial charge in [-0.25, -0.2) is 4.98 Å². The highest BCUT2D eigenvalue weighted by Crippen LogP contribution is 2.17. The minimum Gasteiger partial charge on any atom is -0.352 e. The molecule has 1 heterocycles. The Kier molecular flexibility index (Phi) is 6.16. The van der Waals surface area contributed by atoms with Crippen LogP contribution in [-0.4, -0.2) is 26.9 Å². The number of para-hydroxylation sites is 2. The summed E-state index contributed by atoms with van der Waals surface area (Å²) >= 11 is 0. The predicted octanol–water partition coefficient (Wildman–Crippen LogP) is 3.73. The Morgan fingerprint density at radius 1 is 1.21 bits per heavy atom. The van der Waals surface area contributed by atoms with Crippen molar-refractivity contribution in [2.75, 3.05) is 6.54 Å². The van der Waals surface area contributed by atoms with E-state index in [1.54, 1.807) is 18.2 Å². The highest BCUT2D eigenvalue weighted by Gasteiger charge is 2.09. The third-order valence-electron chi connectivity index (χ3n) is 4.36. The van der Waals surface area contributed by atoms with Crippen LogP contribution in [0.5, 0.6) is 0 Å². The van der Waals surface area contributed by atoms with Gasteiger partial charge in [-0.1, -0.05) is 19.1 Å². The number of benzene rings is 2. The first-order valence-corrected chi connectivity index (χ1v) is 9.23. The van der Waals surface area contributed by atoms with Crippen molar-refractivity contribution in [1.82, 2.24) is 14.9 Å². The van der Waals surface area contributed by atoms with Gasteiger partial charge < -0.3 is 9.88 Å². The molecule has 0 saturated carbocycles. The molecule has 3 aromatic rings. The van der Waals surface area contributed by atoms with E-state index >= 15 is 0 Å². The predicted molar refractivity (Wildman–Crippen MR) is 109 cm³/mol. The third kappa shape index (κ3) is 4.62. The monoisotopic (exact) mass is 378 g/mol. The smallest absolute Gasteiger partial charge is 0.269 e. The Labute approximate surface area is 162 Å². The van der Waals surface area contributed by atoms with Gasteiger partial charge in [0.25, 0.3) is 5.69 Å². The number of imidazole rings is 1. The van der Waals surface area contributed by atoms with Gasteiger partial charge in [0.15, 0.2) is 0 Å². The van der Waals surface area contributed by atoms with Gasteiger partial charge in [-0.05, 0) is 42.3 Å². The van der Waals surface area contributed by atoms with Crippen molar-refractivity contribution >= 4 is 28.7 Å². The number of aryl methyl sites for hydroxylation is 1. The number of nitro benzene ring substituents is 1. The first-order valence-electron chi connectivity index (χ1n) is 9.23. The van der Waals surface area contributed by atoms with E-state index in [1.807, 2.05) is 18.2 Å². The lowest BCUT2D eigenvalue weighted by atomic mass is 10.2. The third-order valence-corrected chi connectivity index (χ3v) is 4.36. The molecule has 0 aliphatic rings. The lowest BCUT2D eigenvalue weighted by Crippen LogP contribution is -2.24. The second-order valence-electron chi connectivity index (χ2n) is 6.39. The quantitative estimate of drug-likeness (QED) is 0.367. The van der Waals surface area contributed by atoms with E-state index in [9.17, 15) is 14.9 Å². The standard InChI is InChI=1S/C21H22N4O3/c1-2-15-24-19-6-4-3-5-18(19)23-20(24)13-14-22-21(26)12-9-16-7-10-17(11-8-16)25(27)28/h3-12H,2,13-15H2,1H3,(H,22,26)/b12-9+. The van der Waals surface area contributed by atoms with Crippen LogP contribution < -0.4 is 5.32 Å². The summed E-state index contributed by atoms with van der Waals surface area (Å²) < 4.78 is 2.20. The molecule has 3 rings (SSSR count). The summed E-state index contributed by atoms with van der Waals surface area (Å²) in [6.45, 7) is 3.50. The second kappa shape index (κ2) is 8.94. The van der Waals surface area contributed by atoms with Gasteiger partial charge in [0.2, 0.25) is 5.91 Å². The van der Waals surface area contributed by atoms with Crippen LogP contribution in [0.15, 0.2) is 54.6 Å². The van der Waals surface area contributed by atoms with E-state index < -0.39 is 4.92 Å². The first-order chi connectivity index (χ1) is 13.6. The van der Waals surface area contributed by atoms with Crippen molar-refractivity contribution < 1.29 is 9.72 Å². The molecule has 1 aromatic heterocycles. The Morgan fingerprint density at radius 3 is 2.68 bits per heavy atom. The summed E-state index contributed by atoms with van der Waals surface area (Å²) in [5.41, 5.74) is 2.83. The van der Waals surface area contributed by atoms with Crippen LogP contribution in [-0.2, 0) is 17.8 Å². The summed E-state index contributed by atoms with van der Waals surface area (Å²) in [5.74, 6) is 0.749. The number of hydrogen-bond donors (Lipinski definition) is 1. The molecule has 0 aliphatic heterocycles. The summed E-state index contributed by atoms with van der Waals surface area (Å²) in [6, 6.07) is 14.1. The van der Waals surface area contributed by atoms with Crippen LogP contribution in [0.1, 0.15) is 24.7 Å². The molecule has 7 heteroatoms. The highest BCUT2D eigenvalue weighted by molar-refractivity contribution is 5.91. The van der Waals surface area contributed by atoms with Gasteiger partial charge in [0.05, 0.1) is 16.0 Å². The Balaban J connectivity index is 1.57. The lowest BCUT2D eigenvalue weighted by molar-refractivity contribution is -0.384. The zero-order valence-corrected chi connectivity index (χ0v) is 15.7. The van der Waals surface area contributed by atoms with E-state index in [4.69, 9.17) is 0 Å². The number of rotatable bonds is 8. The number of nitro groups is 1. The van der Waals surface area contributed by atoms with Gasteiger partial charge in [-0.15, -0.1) is 0 Å². The van der Waals surface area contributed by atoms with E-state index in [0.717, 1.165) is 35.4 Å². The van der Waals surface area contributed by atoms with Crippen LogP contribution in [0.25, 0.3) is 17.1 Å². The largest absolute Gasteiger partial charge is 0.352 e. The van der Waals surface area contributed by atoms with Gasteiger partial charge in [-0.3, -0.25) is 14.9 Å². The summed E-state index contributed by atoms with van der Waals surface area (Å²) in [4.78, 5) is 26.9. The molecular formula is C21H22N4O3. The zero-order chi connectivity index (χ0) is 19.9. The molecule has 1 N–H and O–H groups in total. The van der Waals surface area contributed by atoms with Crippen molar-refractivity contribution in [3.8, 4) is 0 Å². The maximum Gasteiger partial charge on any atom is 0.269 e. The number of aromatic nitrogens is 2. The Hall–Kier alpha value is -3.48. The number of fused-ring (bicyclic) bond motifs is 1. The molecule has 1 amide bonds. The number of carbonyl (C=O) groups is 1. The van der Waals surface area contributed by atoms with Crippen molar-refractivity contribution in [2.45, 2.75) is 26.3 Å². The average Bonchev–Trinajstić information content (AvgIpc) is 3.04. The summed E-state index contributed by atoms with van der Waals surface area (Å²) in [7, 11) is 0. The molecule has 7 nitrogen and oxygen atoms in total. The Bertz CT molecular complexity index is 1010. The summed E-state index contributed by atoms with van der Waals surface area (Å²) in [6.07, 6.45) is 4.71. The van der Waals surface area contributed by atoms with Gasteiger partial charge in [0, 0.05) is 37.7 Å². The van der Waals surface area contributed by atoms with Crippen molar-refractivity contribution in [3.05, 3.63) is 76.1 Å². The number of nitrogens with zero attached hydrogens (tertiary/aromatic N) is 3. The topological polar surface area (TPSA) is 90.1 Å². The normalized spacial score (nSPS) is 11.2. The van der Waals surface area contributed by atoms with Gasteiger partial charge >= 0.3 is 0 Å². The molecule has 0 saturated heterocycles. The fraction of sp³-hybridized carbons (Fsp3) is 0.238. The van der Waals surface area contributed by atoms with Crippen molar-refractivity contribution in [3.63, 3.8) is 0 Å². The van der Waals surface area contributed by atoms with Crippen LogP contribution in [0.3, 0.4) is 0 Å². The second-order valence-corrected chi connectivity index (χ2v) is 6.39. The SMILES string of the molecule is CCCn1c(CCNC(=O)/C=C/c2ccc([N+](=O)[O-])cc2)nc2ccccc21. The average molecular weight is 378 g/mol. The molecule has 28 heavy (non-hydrogen) atoms. The van der Waals surface area contributed by atoms with Crippen LogP contribution in [0.2, 0.25) is 0 Å². The van der Waals surface area contributed by atoms with Crippen molar-refractivity contribution in [1.29, 1.82) is 0 Å². The fourth-order valence-corrected chi connectivity index (χ4v) is 3.02. The minimum atomic E-state index is -0.452. The van der Waals surface area contributed by atoms with Crippen LogP contribution >= 0.6 is 0 Å². The zero-order valence-electron chi connectivity index (χ0n) is 15.7. The summed E-state index contributed by atoms with van der Waals surface area (Å²) in [5, 5.41) is 13.5. The van der Waals surface area contributed by atoms with Crippen molar-refractivity contribution in [2.24, 2.45) is 0 Å². The lowest BCUT2D eigenvalue weighted by Gasteiger charge is -2.08. The first kappa shape index (κ1) is 19.3. The fourth-order valence-electron chi connectivity index (χ4n) is 3.02. The van der Waals surface area contributed by atoms with E-state index in [1.165, 1.54) is 18.2 Å². The minimum absolute atomic E-state index is 0.0246. The van der Waals surface area contributed by atoms with Gasteiger partial charge in [-0.2, -0.15) is 0 Å². The van der Waals surface area contributed by atoms with E-state index in [0.29, 0.717) is 13.0 Å². The van der Waals surface area contributed by atoms with Crippen LogP contribution in [0.4, 0.5) is 5.69 Å². The highest BCUT2D eigenvalue weighted by atomic mass is 16.6. The molecule has 0 unspecified atom stereocenters. The Morgan fingerprint density at radius 2 is 1.96 bits per heavy atom. The maximum absolute atomic E-state index is 12.0. The molecule has 2 aromatic carbocycles. The van der Waals surface area contributed by atoms with E-state index in [-0.39, 0.29) is 11.6 Å². The molecule has 0 radical (unpaired) electrons. The molecular weight excluding hydrogens is 356 g/mol. The maximum atomic E-state index is 12.0. The molecule has 0 fully saturated rings. The number of carbonyl (C=O) groups excluding carboxylic acids is 1. The number of hydrogen-bond acceptors (Lipinski definition) is 4. The van der Waals surface area contributed by atoms with Gasteiger partial charge in [0.1, 0.15) is 5.82 Å². The molecule has 144 valence electrons. The number of non-ortho nitro benzene ring substituents is 1. The molecule has 0 bridgehead atoms. The number of nitrogens with one attached hydrogen (secondary N) is 1. The van der Waals surface area contributed by atoms with Crippen LogP contribution in [0, 0.1) is 10.1 Å². The molecule has 0 atom stereocenters. The van der Waals surface area contributed by atoms with E-state index in [2.05, 4.69) is 27.9 Å². The molecule has 0 aliphatic carbocycles.